The molecule has 1 N–H and O–H groups in total. The van der Waals surface area contributed by atoms with Crippen LogP contribution in [0.2, 0.25) is 0 Å². The molecule has 0 bridgehead atoms. The molecule has 138 valence electrons. The summed E-state index contributed by atoms with van der Waals surface area (Å²) in [7, 11) is 1.55. The molecular weight excluding hydrogens is 340 g/mol. The molecule has 5 nitrogen and oxygen atoms in total. The maximum absolute atomic E-state index is 13.9. The Hall–Kier alpha value is -2.83. The van der Waals surface area contributed by atoms with E-state index in [2.05, 4.69) is 5.32 Å². The van der Waals surface area contributed by atoms with E-state index in [1.165, 1.54) is 12.1 Å². The minimum absolute atomic E-state index is 0.229. The molecule has 1 aliphatic heterocycles. The minimum Gasteiger partial charge on any atom is -0.495 e. The second-order valence-electron chi connectivity index (χ2n) is 6.20. The number of methoxy groups -OCH3 is 1. The number of amides is 2. The summed E-state index contributed by atoms with van der Waals surface area (Å²) in [5.41, 5.74) is 1.98. The fourth-order valence-corrected chi connectivity index (χ4v) is 3.00. The molecule has 0 saturated carbocycles. The second kappa shape index (κ2) is 7.59. The van der Waals surface area contributed by atoms with E-state index in [4.69, 9.17) is 4.74 Å². The molecule has 7 heteroatoms. The second-order valence-corrected chi connectivity index (χ2v) is 6.20. The zero-order valence-electron chi connectivity index (χ0n) is 14.8. The van der Waals surface area contributed by atoms with Crippen LogP contribution in [-0.2, 0) is 0 Å². The van der Waals surface area contributed by atoms with Crippen LogP contribution < -0.4 is 15.0 Å². The van der Waals surface area contributed by atoms with Crippen LogP contribution in [0.15, 0.2) is 36.4 Å². The third kappa shape index (κ3) is 3.87. The first-order chi connectivity index (χ1) is 12.5. The molecule has 2 aromatic rings. The molecule has 0 spiro atoms. The Morgan fingerprint density at radius 3 is 2.46 bits per heavy atom. The average Bonchev–Trinajstić information content (AvgIpc) is 2.62. The summed E-state index contributed by atoms with van der Waals surface area (Å²) < 4.78 is 32.2. The summed E-state index contributed by atoms with van der Waals surface area (Å²) in [6.07, 6.45) is 0. The van der Waals surface area contributed by atoms with Crippen molar-refractivity contribution < 1.29 is 18.3 Å². The summed E-state index contributed by atoms with van der Waals surface area (Å²) >= 11 is 0. The molecule has 2 aromatic carbocycles. The number of ether oxygens (including phenoxy) is 1. The monoisotopic (exact) mass is 361 g/mol. The molecule has 1 fully saturated rings. The summed E-state index contributed by atoms with van der Waals surface area (Å²) in [5, 5.41) is 2.87. The fraction of sp³-hybridized carbons (Fsp3) is 0.316. The van der Waals surface area contributed by atoms with Crippen molar-refractivity contribution in [3.63, 3.8) is 0 Å². The van der Waals surface area contributed by atoms with Crippen LogP contribution in [0.3, 0.4) is 0 Å². The van der Waals surface area contributed by atoms with Crippen LogP contribution in [0.1, 0.15) is 5.56 Å². The van der Waals surface area contributed by atoms with Gasteiger partial charge in [-0.3, -0.25) is 0 Å². The van der Waals surface area contributed by atoms with Crippen molar-refractivity contribution in [3.05, 3.63) is 53.6 Å². The molecule has 2 amide bonds. The summed E-state index contributed by atoms with van der Waals surface area (Å²) in [6.45, 7) is 3.76. The predicted octanol–water partition coefficient (Wildman–Crippen LogP) is 3.64. The molecular formula is C19H21F2N3O2. The lowest BCUT2D eigenvalue weighted by atomic mass is 10.2. The predicted molar refractivity (Wildman–Crippen MR) is 96.9 cm³/mol. The zero-order chi connectivity index (χ0) is 18.7. The average molecular weight is 361 g/mol. The largest absolute Gasteiger partial charge is 0.495 e. The zero-order valence-corrected chi connectivity index (χ0v) is 14.8. The SMILES string of the molecule is COc1ccc(C)cc1NC(=O)N1CCN(c2ccc(F)cc2F)CC1. The van der Waals surface area contributed by atoms with Gasteiger partial charge in [-0.05, 0) is 36.8 Å². The molecule has 3 rings (SSSR count). The molecule has 1 aliphatic rings. The molecule has 0 radical (unpaired) electrons. The van der Waals surface area contributed by atoms with Crippen LogP contribution in [0.5, 0.6) is 5.75 Å². The number of hydrogen-bond donors (Lipinski definition) is 1. The summed E-state index contributed by atoms with van der Waals surface area (Å²) in [5.74, 6) is -0.597. The molecule has 0 unspecified atom stereocenters. The quantitative estimate of drug-likeness (QED) is 0.908. The van der Waals surface area contributed by atoms with Gasteiger partial charge in [0.2, 0.25) is 0 Å². The van der Waals surface area contributed by atoms with Gasteiger partial charge in [0.15, 0.2) is 0 Å². The Morgan fingerprint density at radius 2 is 1.81 bits per heavy atom. The third-order valence-electron chi connectivity index (χ3n) is 4.41. The highest BCUT2D eigenvalue weighted by atomic mass is 19.1. The number of nitrogens with one attached hydrogen (secondary N) is 1. The molecule has 0 aromatic heterocycles. The number of hydrogen-bond acceptors (Lipinski definition) is 3. The number of anilines is 2. The van der Waals surface area contributed by atoms with Gasteiger partial charge in [0.25, 0.3) is 0 Å². The molecule has 0 aliphatic carbocycles. The van der Waals surface area contributed by atoms with E-state index in [0.29, 0.717) is 43.3 Å². The highest BCUT2D eigenvalue weighted by Gasteiger charge is 2.23. The first-order valence-corrected chi connectivity index (χ1v) is 8.38. The summed E-state index contributed by atoms with van der Waals surface area (Å²) in [4.78, 5) is 16.0. The van der Waals surface area contributed by atoms with E-state index in [1.54, 1.807) is 18.1 Å². The van der Waals surface area contributed by atoms with E-state index in [9.17, 15) is 13.6 Å². The van der Waals surface area contributed by atoms with Gasteiger partial charge >= 0.3 is 6.03 Å². The highest BCUT2D eigenvalue weighted by Crippen LogP contribution is 2.26. The normalized spacial score (nSPS) is 14.3. The Balaban J connectivity index is 1.63. The molecule has 0 atom stereocenters. The van der Waals surface area contributed by atoms with Crippen molar-refractivity contribution in [3.8, 4) is 5.75 Å². The molecule has 1 saturated heterocycles. The number of rotatable bonds is 3. The number of halogens is 2. The Labute approximate surface area is 151 Å². The highest BCUT2D eigenvalue weighted by molar-refractivity contribution is 5.91. The van der Waals surface area contributed by atoms with Gasteiger partial charge in [0.05, 0.1) is 18.5 Å². The first kappa shape index (κ1) is 18.0. The maximum Gasteiger partial charge on any atom is 0.322 e. The van der Waals surface area contributed by atoms with Crippen LogP contribution >= 0.6 is 0 Å². The number of urea groups is 1. The first-order valence-electron chi connectivity index (χ1n) is 8.38. The van der Waals surface area contributed by atoms with E-state index < -0.39 is 11.6 Å². The maximum atomic E-state index is 13.9. The van der Waals surface area contributed by atoms with Crippen LogP contribution in [0.25, 0.3) is 0 Å². The molecule has 26 heavy (non-hydrogen) atoms. The minimum atomic E-state index is -0.601. The van der Waals surface area contributed by atoms with Crippen molar-refractivity contribution in [1.29, 1.82) is 0 Å². The topological polar surface area (TPSA) is 44.8 Å². The summed E-state index contributed by atoms with van der Waals surface area (Å²) in [6, 6.07) is 8.87. The smallest absolute Gasteiger partial charge is 0.322 e. The fourth-order valence-electron chi connectivity index (χ4n) is 3.00. The van der Waals surface area contributed by atoms with Crippen LogP contribution in [0, 0.1) is 18.6 Å². The van der Waals surface area contributed by atoms with E-state index in [0.717, 1.165) is 11.6 Å². The van der Waals surface area contributed by atoms with Gasteiger partial charge in [-0.1, -0.05) is 6.07 Å². The van der Waals surface area contributed by atoms with Crippen molar-refractivity contribution in [2.45, 2.75) is 6.92 Å². The van der Waals surface area contributed by atoms with E-state index in [1.807, 2.05) is 24.0 Å². The number of benzene rings is 2. The number of aryl methyl sites for hydroxylation is 1. The number of piperazine rings is 1. The number of nitrogens with zero attached hydrogens (tertiary/aromatic N) is 2. The van der Waals surface area contributed by atoms with E-state index in [-0.39, 0.29) is 6.03 Å². The Kier molecular flexibility index (Phi) is 5.25. The number of carbonyl (C=O) groups excluding carboxylic acids is 1. The van der Waals surface area contributed by atoms with Crippen LogP contribution in [0.4, 0.5) is 25.0 Å². The van der Waals surface area contributed by atoms with E-state index >= 15 is 0 Å². The van der Waals surface area contributed by atoms with Gasteiger partial charge in [-0.2, -0.15) is 0 Å². The Bertz CT molecular complexity index is 805. The van der Waals surface area contributed by atoms with Crippen molar-refractivity contribution >= 4 is 17.4 Å². The lowest BCUT2D eigenvalue weighted by Crippen LogP contribution is -2.50. The van der Waals surface area contributed by atoms with Crippen molar-refractivity contribution in [1.82, 2.24) is 4.90 Å². The molecule has 1 heterocycles. The lowest BCUT2D eigenvalue weighted by Gasteiger charge is -2.36. The van der Waals surface area contributed by atoms with Crippen molar-refractivity contribution in [2.75, 3.05) is 43.5 Å². The standard InChI is InChI=1S/C19H21F2N3O2/c1-13-3-6-18(26-2)16(11-13)22-19(25)24-9-7-23(8-10-24)17-5-4-14(20)12-15(17)21/h3-6,11-12H,7-10H2,1-2H3,(H,22,25). The van der Waals surface area contributed by atoms with Gasteiger partial charge in [0, 0.05) is 32.2 Å². The lowest BCUT2D eigenvalue weighted by molar-refractivity contribution is 0.208. The van der Waals surface area contributed by atoms with Gasteiger partial charge < -0.3 is 19.9 Å². The number of carbonyl (C=O) groups is 1. The Morgan fingerprint density at radius 1 is 1.08 bits per heavy atom. The van der Waals surface area contributed by atoms with Crippen molar-refractivity contribution in [2.24, 2.45) is 0 Å². The van der Waals surface area contributed by atoms with Crippen LogP contribution in [-0.4, -0.2) is 44.2 Å². The van der Waals surface area contributed by atoms with Gasteiger partial charge in [-0.15, -0.1) is 0 Å². The third-order valence-corrected chi connectivity index (χ3v) is 4.41. The van der Waals surface area contributed by atoms with Gasteiger partial charge in [-0.25, -0.2) is 13.6 Å². The van der Waals surface area contributed by atoms with Gasteiger partial charge in [0.1, 0.15) is 17.4 Å².